The summed E-state index contributed by atoms with van der Waals surface area (Å²) in [5.74, 6) is 7.05. The summed E-state index contributed by atoms with van der Waals surface area (Å²) in [6, 6.07) is 13.1. The van der Waals surface area contributed by atoms with Gasteiger partial charge in [-0.1, -0.05) is 224 Å². The SMILES string of the molecule is CCCCCCCCCC=CC(=Nc1cc(C)cc(C)c1)C(C#CCCCCCCCCCCCCCCCCCCCCCCCCCC)=Nc1cc(C)cc(C)c1.[Pd]. The first-order chi connectivity index (χ1) is 28.9. The molecule has 0 bridgehead atoms. The van der Waals surface area contributed by atoms with Crippen molar-refractivity contribution < 1.29 is 20.4 Å². The Bertz CT molecular complexity index is 1450. The maximum atomic E-state index is 5.20. The summed E-state index contributed by atoms with van der Waals surface area (Å²) in [6.07, 6.45) is 49.7. The van der Waals surface area contributed by atoms with Crippen molar-refractivity contribution in [1.82, 2.24) is 0 Å². The third kappa shape index (κ3) is 31.6. The van der Waals surface area contributed by atoms with Crippen molar-refractivity contribution in [3.63, 3.8) is 0 Å². The van der Waals surface area contributed by atoms with Crippen LogP contribution in [0.2, 0.25) is 0 Å². The number of allylic oxidation sites excluding steroid dienone is 2. The average Bonchev–Trinajstić information content (AvgIpc) is 3.20. The fourth-order valence-electron chi connectivity index (χ4n) is 8.35. The molecule has 2 aromatic rings. The molecular weight excluding hydrogens is 819 g/mol. The average molecular weight is 912 g/mol. The predicted octanol–water partition coefficient (Wildman–Crippen LogP) is 19.2. The number of rotatable bonds is 36. The number of nitrogens with zero attached hydrogens (tertiary/aromatic N) is 2. The molecule has 0 aliphatic heterocycles. The van der Waals surface area contributed by atoms with Gasteiger partial charge in [0, 0.05) is 26.8 Å². The minimum Gasteiger partial charge on any atom is -0.246 e. The van der Waals surface area contributed by atoms with E-state index < -0.39 is 0 Å². The minimum absolute atomic E-state index is 0. The molecule has 0 unspecified atom stereocenters. The first-order valence-electron chi connectivity index (χ1n) is 25.4. The van der Waals surface area contributed by atoms with E-state index in [2.05, 4.69) is 102 Å². The zero-order chi connectivity index (χ0) is 42.4. The second kappa shape index (κ2) is 39.6. The van der Waals surface area contributed by atoms with E-state index in [0.29, 0.717) is 0 Å². The maximum Gasteiger partial charge on any atom is 0.139 e. The van der Waals surface area contributed by atoms with Gasteiger partial charge >= 0.3 is 0 Å². The third-order valence-corrected chi connectivity index (χ3v) is 11.8. The predicted molar refractivity (Wildman–Crippen MR) is 267 cm³/mol. The molecule has 60 heavy (non-hydrogen) atoms. The molecule has 0 saturated carbocycles. The van der Waals surface area contributed by atoms with Crippen LogP contribution < -0.4 is 0 Å². The molecule has 0 N–H and O–H groups in total. The smallest absolute Gasteiger partial charge is 0.139 e. The van der Waals surface area contributed by atoms with Gasteiger partial charge in [0.2, 0.25) is 0 Å². The van der Waals surface area contributed by atoms with Gasteiger partial charge in [-0.2, -0.15) is 0 Å². The second-order valence-electron chi connectivity index (χ2n) is 18.1. The summed E-state index contributed by atoms with van der Waals surface area (Å²) in [7, 11) is 0. The van der Waals surface area contributed by atoms with Crippen molar-refractivity contribution in [1.29, 1.82) is 0 Å². The minimum atomic E-state index is 0. The molecule has 0 fully saturated rings. The van der Waals surface area contributed by atoms with E-state index in [4.69, 9.17) is 9.98 Å². The molecule has 2 rings (SSSR count). The number of hydrogen-bond acceptors (Lipinski definition) is 2. The summed E-state index contributed by atoms with van der Waals surface area (Å²) < 4.78 is 0. The van der Waals surface area contributed by atoms with Gasteiger partial charge in [-0.05, 0) is 105 Å². The Hall–Kier alpha value is -2.26. The number of aliphatic imine (C=N–C) groups is 2. The van der Waals surface area contributed by atoms with Crippen LogP contribution in [-0.4, -0.2) is 11.4 Å². The van der Waals surface area contributed by atoms with Gasteiger partial charge in [-0.25, -0.2) is 9.98 Å². The molecule has 2 nitrogen and oxygen atoms in total. The Morgan fingerprint density at radius 1 is 0.417 bits per heavy atom. The second-order valence-corrected chi connectivity index (χ2v) is 18.1. The van der Waals surface area contributed by atoms with Gasteiger partial charge in [-0.15, -0.1) is 0 Å². The van der Waals surface area contributed by atoms with Crippen LogP contribution in [0.25, 0.3) is 0 Å². The Labute approximate surface area is 387 Å². The zero-order valence-electron chi connectivity index (χ0n) is 40.2. The first kappa shape index (κ1) is 55.8. The summed E-state index contributed by atoms with van der Waals surface area (Å²) in [5, 5.41) is 0. The van der Waals surface area contributed by atoms with Crippen molar-refractivity contribution >= 4 is 22.8 Å². The van der Waals surface area contributed by atoms with Crippen LogP contribution in [0.3, 0.4) is 0 Å². The van der Waals surface area contributed by atoms with Crippen molar-refractivity contribution in [3.05, 3.63) is 70.8 Å². The molecule has 0 saturated heterocycles. The summed E-state index contributed by atoms with van der Waals surface area (Å²) in [5.41, 5.74) is 8.46. The van der Waals surface area contributed by atoms with Crippen LogP contribution in [0.1, 0.15) is 248 Å². The number of benzene rings is 2. The Morgan fingerprint density at radius 2 is 0.733 bits per heavy atom. The molecule has 340 valence electrons. The summed E-state index contributed by atoms with van der Waals surface area (Å²) in [4.78, 5) is 10.4. The summed E-state index contributed by atoms with van der Waals surface area (Å²) in [6.45, 7) is 13.2. The van der Waals surface area contributed by atoms with Gasteiger partial charge in [0.05, 0.1) is 17.1 Å². The van der Waals surface area contributed by atoms with Crippen LogP contribution in [0, 0.1) is 39.5 Å². The molecule has 0 heterocycles. The number of hydrogen-bond donors (Lipinski definition) is 0. The van der Waals surface area contributed by atoms with Crippen LogP contribution in [-0.2, 0) is 20.4 Å². The molecule has 0 amide bonds. The van der Waals surface area contributed by atoms with Crippen LogP contribution in [0.4, 0.5) is 11.4 Å². The monoisotopic (exact) mass is 911 g/mol. The molecule has 0 aliphatic carbocycles. The van der Waals surface area contributed by atoms with Crippen molar-refractivity contribution in [2.75, 3.05) is 0 Å². The molecular formula is C57H92N2Pd. The van der Waals surface area contributed by atoms with E-state index in [1.165, 1.54) is 215 Å². The van der Waals surface area contributed by atoms with Crippen LogP contribution >= 0.6 is 0 Å². The molecule has 3 heteroatoms. The topological polar surface area (TPSA) is 24.7 Å². The van der Waals surface area contributed by atoms with E-state index in [-0.39, 0.29) is 20.4 Å². The number of unbranched alkanes of at least 4 members (excludes halogenated alkanes) is 31. The zero-order valence-corrected chi connectivity index (χ0v) is 41.7. The molecule has 0 radical (unpaired) electrons. The van der Waals surface area contributed by atoms with Gasteiger partial charge < -0.3 is 0 Å². The van der Waals surface area contributed by atoms with Gasteiger partial charge in [-0.3, -0.25) is 0 Å². The van der Waals surface area contributed by atoms with Crippen molar-refractivity contribution in [3.8, 4) is 11.8 Å². The largest absolute Gasteiger partial charge is 0.246 e. The van der Waals surface area contributed by atoms with E-state index in [0.717, 1.165) is 42.1 Å². The molecule has 0 aromatic heterocycles. The third-order valence-electron chi connectivity index (χ3n) is 11.8. The number of aryl methyl sites for hydroxylation is 4. The van der Waals surface area contributed by atoms with Gasteiger partial charge in [0.25, 0.3) is 0 Å². The molecule has 0 aliphatic rings. The quantitative estimate of drug-likeness (QED) is 0.0282. The Kier molecular flexibility index (Phi) is 36.8. The fourth-order valence-corrected chi connectivity index (χ4v) is 8.35. The van der Waals surface area contributed by atoms with E-state index in [1.807, 2.05) is 0 Å². The van der Waals surface area contributed by atoms with Crippen molar-refractivity contribution in [2.24, 2.45) is 9.98 Å². The van der Waals surface area contributed by atoms with Gasteiger partial charge in [0.1, 0.15) is 5.71 Å². The first-order valence-corrected chi connectivity index (χ1v) is 25.4. The normalized spacial score (nSPS) is 11.9. The Morgan fingerprint density at radius 3 is 1.10 bits per heavy atom. The van der Waals surface area contributed by atoms with E-state index in [9.17, 15) is 0 Å². The van der Waals surface area contributed by atoms with Gasteiger partial charge in [0.15, 0.2) is 0 Å². The van der Waals surface area contributed by atoms with Crippen LogP contribution in [0.5, 0.6) is 0 Å². The summed E-state index contributed by atoms with van der Waals surface area (Å²) >= 11 is 0. The van der Waals surface area contributed by atoms with E-state index in [1.54, 1.807) is 0 Å². The van der Waals surface area contributed by atoms with E-state index >= 15 is 0 Å². The fraction of sp³-hybridized carbons (Fsp3) is 0.684. The van der Waals surface area contributed by atoms with Crippen molar-refractivity contribution in [2.45, 2.75) is 253 Å². The van der Waals surface area contributed by atoms with Crippen LogP contribution in [0.15, 0.2) is 58.5 Å². The molecule has 2 aromatic carbocycles. The maximum absolute atomic E-state index is 5.20. The standard InChI is InChI=1S/C57H92N2.Pd/c1-7-9-11-13-15-17-18-19-20-21-22-23-24-25-26-27-28-29-30-31-32-33-35-37-39-41-43-57(59-55-48-52(5)45-53(6)49-55)56(58-54-46-50(3)44-51(4)47-54)42-40-38-36-34-16-14-12-10-8-2;/h40,42,44-49H,7-39H2,1-6H3;. The Balaban J connectivity index is 0.0000180. The molecule has 0 atom stereocenters. The molecule has 0 spiro atoms.